The molecule has 3 aliphatic heterocycles. The first-order valence-corrected chi connectivity index (χ1v) is 17.9. The lowest BCUT2D eigenvalue weighted by molar-refractivity contribution is 0.118. The highest BCUT2D eigenvalue weighted by Gasteiger charge is 2.33. The molecular formula is C33H38N10O4S. The summed E-state index contributed by atoms with van der Waals surface area (Å²) in [5, 5.41) is 24.0. The number of sulfonamides is 1. The Balaban J connectivity index is 1.06. The van der Waals surface area contributed by atoms with Gasteiger partial charge in [-0.25, -0.2) is 23.1 Å². The van der Waals surface area contributed by atoms with Crippen LogP contribution in [0.3, 0.4) is 0 Å². The third kappa shape index (κ3) is 6.82. The van der Waals surface area contributed by atoms with Gasteiger partial charge in [-0.1, -0.05) is 12.5 Å². The number of ether oxygens (including phenoxy) is 2. The Bertz CT molecular complexity index is 1880. The number of benzene rings is 2. The fourth-order valence-electron chi connectivity index (χ4n) is 6.74. The lowest BCUT2D eigenvalue weighted by Gasteiger charge is -2.39. The van der Waals surface area contributed by atoms with Crippen LogP contribution in [0.2, 0.25) is 0 Å². The molecule has 0 spiro atoms. The normalized spacial score (nSPS) is 18.1. The highest BCUT2D eigenvalue weighted by Crippen LogP contribution is 2.39. The number of nitrogens with one attached hydrogen (secondary N) is 1. The van der Waals surface area contributed by atoms with Crippen molar-refractivity contribution in [2.24, 2.45) is 0 Å². The van der Waals surface area contributed by atoms with Gasteiger partial charge in [0.2, 0.25) is 16.0 Å². The van der Waals surface area contributed by atoms with Crippen LogP contribution in [0.1, 0.15) is 50.2 Å². The zero-order chi connectivity index (χ0) is 33.1. The van der Waals surface area contributed by atoms with E-state index in [0.717, 1.165) is 37.1 Å². The number of likely N-dealkylation sites (tertiary alicyclic amines) is 1. The van der Waals surface area contributed by atoms with Gasteiger partial charge in [-0.15, -0.1) is 5.10 Å². The summed E-state index contributed by atoms with van der Waals surface area (Å²) >= 11 is 0. The van der Waals surface area contributed by atoms with Gasteiger partial charge >= 0.3 is 0 Å². The second-order valence-corrected chi connectivity index (χ2v) is 14.4. The highest BCUT2D eigenvalue weighted by atomic mass is 32.2. The van der Waals surface area contributed by atoms with E-state index in [1.165, 1.54) is 25.6 Å². The minimum atomic E-state index is -3.70. The van der Waals surface area contributed by atoms with Crippen molar-refractivity contribution in [2.75, 3.05) is 38.1 Å². The molecule has 3 aliphatic rings. The first kappa shape index (κ1) is 31.9. The number of rotatable bonds is 10. The summed E-state index contributed by atoms with van der Waals surface area (Å²) in [5.74, 6) is 1.35. The van der Waals surface area contributed by atoms with Crippen LogP contribution >= 0.6 is 0 Å². The van der Waals surface area contributed by atoms with Gasteiger partial charge in [0.05, 0.1) is 29.3 Å². The summed E-state index contributed by atoms with van der Waals surface area (Å²) in [4.78, 5) is 11.8. The lowest BCUT2D eigenvalue weighted by atomic mass is 10.0. The molecular weight excluding hydrogens is 632 g/mol. The molecule has 48 heavy (non-hydrogen) atoms. The fraction of sp³-hybridized carbons (Fsp3) is 0.455. The van der Waals surface area contributed by atoms with Crippen molar-refractivity contribution in [3.8, 4) is 28.7 Å². The van der Waals surface area contributed by atoms with E-state index >= 15 is 0 Å². The Labute approximate surface area is 279 Å². The second-order valence-electron chi connectivity index (χ2n) is 12.5. The highest BCUT2D eigenvalue weighted by molar-refractivity contribution is 7.89. The van der Waals surface area contributed by atoms with Crippen LogP contribution in [-0.4, -0.2) is 92.7 Å². The van der Waals surface area contributed by atoms with Crippen LogP contribution in [0.25, 0.3) is 11.1 Å². The molecule has 1 N–H and O–H groups in total. The quantitative estimate of drug-likeness (QED) is 0.260. The number of nitriles is 1. The Morgan fingerprint density at radius 2 is 1.85 bits per heavy atom. The molecule has 14 nitrogen and oxygen atoms in total. The summed E-state index contributed by atoms with van der Waals surface area (Å²) < 4.78 is 42.9. The molecule has 0 aliphatic carbocycles. The van der Waals surface area contributed by atoms with Gasteiger partial charge in [-0.3, -0.25) is 0 Å². The molecule has 0 bridgehead atoms. The molecule has 0 unspecified atom stereocenters. The van der Waals surface area contributed by atoms with E-state index in [4.69, 9.17) is 9.47 Å². The molecule has 250 valence electrons. The van der Waals surface area contributed by atoms with Gasteiger partial charge < -0.3 is 19.7 Å². The average molecular weight is 671 g/mol. The predicted molar refractivity (Wildman–Crippen MR) is 176 cm³/mol. The number of aromatic nitrogens is 6. The Morgan fingerprint density at radius 1 is 1.06 bits per heavy atom. The van der Waals surface area contributed by atoms with Crippen molar-refractivity contribution in [3.63, 3.8) is 0 Å². The zero-order valence-corrected chi connectivity index (χ0v) is 27.6. The number of hydrogen-bond acceptors (Lipinski definition) is 12. The zero-order valence-electron chi connectivity index (χ0n) is 26.8. The van der Waals surface area contributed by atoms with Gasteiger partial charge in [0.25, 0.3) is 0 Å². The molecule has 4 aromatic rings. The minimum Gasteiger partial charge on any atom is -0.491 e. The predicted octanol–water partition coefficient (Wildman–Crippen LogP) is 3.79. The lowest BCUT2D eigenvalue weighted by Crippen LogP contribution is -2.48. The third-order valence-corrected chi connectivity index (χ3v) is 11.1. The van der Waals surface area contributed by atoms with Crippen LogP contribution in [0, 0.1) is 11.3 Å². The number of fused-ring (bicyclic) bond motifs is 1. The molecule has 2 aromatic heterocycles. The van der Waals surface area contributed by atoms with E-state index in [2.05, 4.69) is 41.8 Å². The molecule has 2 fully saturated rings. The van der Waals surface area contributed by atoms with E-state index in [-0.39, 0.29) is 11.0 Å². The average Bonchev–Trinajstić information content (AvgIpc) is 3.82. The summed E-state index contributed by atoms with van der Waals surface area (Å²) in [6.07, 6.45) is 10.6. The molecule has 0 amide bonds. The Morgan fingerprint density at radius 3 is 2.58 bits per heavy atom. The van der Waals surface area contributed by atoms with Crippen LogP contribution in [0.5, 0.6) is 11.5 Å². The number of hydrogen-bond donors (Lipinski definition) is 1. The number of nitrogens with zero attached hydrogens (tertiary/aromatic N) is 9. The third-order valence-electron chi connectivity index (χ3n) is 9.22. The van der Waals surface area contributed by atoms with Crippen LogP contribution in [0.4, 0.5) is 11.6 Å². The van der Waals surface area contributed by atoms with Crippen molar-refractivity contribution < 1.29 is 17.9 Å². The smallest absolute Gasteiger partial charge is 0.243 e. The molecule has 1 atom stereocenters. The largest absolute Gasteiger partial charge is 0.491 e. The van der Waals surface area contributed by atoms with Crippen molar-refractivity contribution in [2.45, 2.75) is 69.0 Å². The van der Waals surface area contributed by atoms with E-state index in [9.17, 15) is 13.7 Å². The van der Waals surface area contributed by atoms with Gasteiger partial charge in [0.15, 0.2) is 0 Å². The fourth-order valence-corrected chi connectivity index (χ4v) is 8.28. The first-order valence-electron chi connectivity index (χ1n) is 16.4. The van der Waals surface area contributed by atoms with Gasteiger partial charge in [-0.2, -0.15) is 9.57 Å². The molecule has 5 heterocycles. The molecule has 2 aromatic carbocycles. The molecule has 0 radical (unpaired) electrons. The van der Waals surface area contributed by atoms with Crippen molar-refractivity contribution in [3.05, 3.63) is 60.2 Å². The topological polar surface area (TPSA) is 164 Å². The van der Waals surface area contributed by atoms with Gasteiger partial charge in [0.1, 0.15) is 30.0 Å². The van der Waals surface area contributed by atoms with Crippen LogP contribution in [-0.2, 0) is 23.0 Å². The second kappa shape index (κ2) is 13.8. The molecule has 0 saturated carbocycles. The number of tetrazole rings is 1. The maximum absolute atomic E-state index is 13.9. The Kier molecular flexibility index (Phi) is 9.20. The first-order chi connectivity index (χ1) is 23.4. The van der Waals surface area contributed by atoms with E-state index in [1.54, 1.807) is 45.6 Å². The summed E-state index contributed by atoms with van der Waals surface area (Å²) in [5.41, 5.74) is 3.25. The minimum absolute atomic E-state index is 0.252. The van der Waals surface area contributed by atoms with Crippen molar-refractivity contribution in [1.29, 1.82) is 5.26 Å². The summed E-state index contributed by atoms with van der Waals surface area (Å²) in [6.45, 7) is 6.04. The monoisotopic (exact) mass is 670 g/mol. The van der Waals surface area contributed by atoms with Gasteiger partial charge in [-0.05, 0) is 86.0 Å². The number of anilines is 2. The van der Waals surface area contributed by atoms with E-state index in [1.807, 2.05) is 13.0 Å². The molecule has 2 saturated heterocycles. The maximum atomic E-state index is 13.9. The Hall–Kier alpha value is -4.65. The SMILES string of the molecule is C[C@@H](Cn1cnnn1)Oc1cc(-c2cnc(Nc3cc(S(=O)(=O)N4CCC(N5CCCCC5)CC4)cc4c3OCC4)nc2)ccc1C#N. The van der Waals surface area contributed by atoms with E-state index in [0.29, 0.717) is 73.0 Å². The van der Waals surface area contributed by atoms with Crippen molar-refractivity contribution >= 4 is 21.7 Å². The van der Waals surface area contributed by atoms with Crippen LogP contribution < -0.4 is 14.8 Å². The van der Waals surface area contributed by atoms with Crippen molar-refractivity contribution in [1.82, 2.24) is 39.4 Å². The molecule has 15 heteroatoms. The van der Waals surface area contributed by atoms with E-state index < -0.39 is 10.0 Å². The summed E-state index contributed by atoms with van der Waals surface area (Å²) in [6, 6.07) is 11.3. The van der Waals surface area contributed by atoms with Crippen LogP contribution in [0.15, 0.2) is 53.9 Å². The number of piperidine rings is 2. The maximum Gasteiger partial charge on any atom is 0.243 e. The molecule has 7 rings (SSSR count). The van der Waals surface area contributed by atoms with Gasteiger partial charge in [0, 0.05) is 49.1 Å². The summed E-state index contributed by atoms with van der Waals surface area (Å²) in [7, 11) is -3.70. The standard InChI is InChI=1S/C33H38N10O4S/c1-23(21-42-22-37-39-40-42)47-31-16-24(5-6-26(31)18-34)27-19-35-33(36-20-27)38-30-17-29(15-25-9-14-46-32(25)30)48(44,45)43-12-7-28(8-13-43)41-10-3-2-4-11-41/h5-6,15-17,19-20,22-23,28H,2-4,7-14,21H2,1H3,(H,35,36,38)/t23-/m0/s1.